The Bertz CT molecular complexity index is 776. The maximum Gasteiger partial charge on any atom is 0.242 e. The van der Waals surface area contributed by atoms with Crippen molar-refractivity contribution in [1.29, 1.82) is 0 Å². The quantitative estimate of drug-likeness (QED) is 0.820. The fourth-order valence-electron chi connectivity index (χ4n) is 1.75. The van der Waals surface area contributed by atoms with Gasteiger partial charge in [-0.3, -0.25) is 0 Å². The van der Waals surface area contributed by atoms with E-state index in [0.29, 0.717) is 5.56 Å². The molecule has 0 saturated heterocycles. The van der Waals surface area contributed by atoms with Crippen molar-refractivity contribution >= 4 is 38.8 Å². The molecule has 0 aromatic heterocycles. The van der Waals surface area contributed by atoms with E-state index in [1.54, 1.807) is 36.4 Å². The minimum Gasteiger partial charge on any atom is -0.389 e. The van der Waals surface area contributed by atoms with Gasteiger partial charge in [-0.1, -0.05) is 54.2 Å². The maximum absolute atomic E-state index is 12.2. The highest BCUT2D eigenvalue weighted by Crippen LogP contribution is 2.20. The molecule has 0 saturated carbocycles. The molecule has 3 N–H and O–H groups in total. The second-order valence-electron chi connectivity index (χ2n) is 4.32. The summed E-state index contributed by atoms with van der Waals surface area (Å²) in [6.07, 6.45) is 0. The van der Waals surface area contributed by atoms with Crippen LogP contribution in [-0.2, 0) is 16.6 Å². The van der Waals surface area contributed by atoms with Crippen molar-refractivity contribution in [1.82, 2.24) is 4.72 Å². The Morgan fingerprint density at radius 2 is 1.90 bits per heavy atom. The Labute approximate surface area is 134 Å². The van der Waals surface area contributed by atoms with Crippen LogP contribution in [0.3, 0.4) is 0 Å². The van der Waals surface area contributed by atoms with Crippen LogP contribution in [-0.4, -0.2) is 13.4 Å². The predicted molar refractivity (Wildman–Crippen MR) is 87.8 cm³/mol. The largest absolute Gasteiger partial charge is 0.389 e. The lowest BCUT2D eigenvalue weighted by Crippen LogP contribution is -2.23. The number of benzene rings is 2. The lowest BCUT2D eigenvalue weighted by Gasteiger charge is -2.09. The molecule has 0 amide bonds. The summed E-state index contributed by atoms with van der Waals surface area (Å²) in [5.41, 5.74) is 7.00. The normalized spacial score (nSPS) is 11.3. The van der Waals surface area contributed by atoms with Crippen molar-refractivity contribution in [3.8, 4) is 0 Å². The van der Waals surface area contributed by atoms with Crippen LogP contribution in [0.15, 0.2) is 53.4 Å². The van der Waals surface area contributed by atoms with Gasteiger partial charge in [-0.2, -0.15) is 0 Å². The SMILES string of the molecule is NC(=S)c1cccc(CNS(=O)(=O)c2ccccc2Cl)c1. The van der Waals surface area contributed by atoms with Crippen molar-refractivity contribution in [2.75, 3.05) is 0 Å². The molecule has 21 heavy (non-hydrogen) atoms. The van der Waals surface area contributed by atoms with Gasteiger partial charge < -0.3 is 5.73 Å². The van der Waals surface area contributed by atoms with Crippen LogP contribution < -0.4 is 10.5 Å². The predicted octanol–water partition coefficient (Wildman–Crippen LogP) is 2.45. The van der Waals surface area contributed by atoms with Crippen LogP contribution >= 0.6 is 23.8 Å². The van der Waals surface area contributed by atoms with E-state index in [0.717, 1.165) is 5.56 Å². The van der Waals surface area contributed by atoms with Crippen LogP contribution in [0.1, 0.15) is 11.1 Å². The molecule has 2 aromatic rings. The van der Waals surface area contributed by atoms with Crippen molar-refractivity contribution < 1.29 is 8.42 Å². The first kappa shape index (κ1) is 15.9. The second-order valence-corrected chi connectivity index (χ2v) is 6.90. The Balaban J connectivity index is 2.18. The fourth-order valence-corrected chi connectivity index (χ4v) is 3.42. The summed E-state index contributed by atoms with van der Waals surface area (Å²) in [7, 11) is -3.67. The van der Waals surface area contributed by atoms with Crippen LogP contribution in [0.5, 0.6) is 0 Å². The van der Waals surface area contributed by atoms with Gasteiger partial charge in [0.2, 0.25) is 10.0 Å². The molecule has 0 radical (unpaired) electrons. The average molecular weight is 341 g/mol. The molecule has 2 aromatic carbocycles. The average Bonchev–Trinajstić information content (AvgIpc) is 2.46. The number of rotatable bonds is 5. The molecule has 0 fully saturated rings. The highest BCUT2D eigenvalue weighted by atomic mass is 35.5. The van der Waals surface area contributed by atoms with Crippen LogP contribution in [0, 0.1) is 0 Å². The van der Waals surface area contributed by atoms with E-state index in [2.05, 4.69) is 4.72 Å². The van der Waals surface area contributed by atoms with Crippen molar-refractivity contribution in [2.24, 2.45) is 5.73 Å². The number of thiocarbonyl (C=S) groups is 1. The highest BCUT2D eigenvalue weighted by Gasteiger charge is 2.16. The molecular formula is C14H13ClN2O2S2. The Morgan fingerprint density at radius 3 is 2.57 bits per heavy atom. The second kappa shape index (κ2) is 6.53. The lowest BCUT2D eigenvalue weighted by atomic mass is 10.1. The minimum absolute atomic E-state index is 0.0529. The summed E-state index contributed by atoms with van der Waals surface area (Å²) in [6.45, 7) is 0.129. The smallest absolute Gasteiger partial charge is 0.242 e. The monoisotopic (exact) mass is 340 g/mol. The third-order valence-corrected chi connectivity index (χ3v) is 4.94. The molecule has 0 heterocycles. The molecular weight excluding hydrogens is 328 g/mol. The Morgan fingerprint density at radius 1 is 1.19 bits per heavy atom. The van der Waals surface area contributed by atoms with E-state index < -0.39 is 10.0 Å². The number of sulfonamides is 1. The Kier molecular flexibility index (Phi) is 4.95. The van der Waals surface area contributed by atoms with Gasteiger partial charge in [0.25, 0.3) is 0 Å². The molecule has 2 rings (SSSR count). The number of nitrogens with two attached hydrogens (primary N) is 1. The van der Waals surface area contributed by atoms with Crippen LogP contribution in [0.4, 0.5) is 0 Å². The van der Waals surface area contributed by atoms with E-state index in [1.165, 1.54) is 12.1 Å². The lowest BCUT2D eigenvalue weighted by molar-refractivity contribution is 0.581. The standard InChI is InChI=1S/C14H13ClN2O2S2/c15-12-6-1-2-7-13(12)21(18,19)17-9-10-4-3-5-11(8-10)14(16)20/h1-8,17H,9H2,(H2,16,20). The first-order valence-corrected chi connectivity index (χ1v) is 8.30. The molecule has 0 aliphatic heterocycles. The van der Waals surface area contributed by atoms with Gasteiger partial charge in [-0.15, -0.1) is 0 Å². The summed E-state index contributed by atoms with van der Waals surface area (Å²) in [4.78, 5) is 0.322. The molecule has 0 aliphatic carbocycles. The minimum atomic E-state index is -3.67. The van der Waals surface area contributed by atoms with Crippen molar-refractivity contribution in [3.05, 3.63) is 64.7 Å². The van der Waals surface area contributed by atoms with Gasteiger partial charge in [0.15, 0.2) is 0 Å². The van der Waals surface area contributed by atoms with Crippen molar-refractivity contribution in [3.63, 3.8) is 0 Å². The summed E-state index contributed by atoms with van der Waals surface area (Å²) >= 11 is 10.8. The molecule has 7 heteroatoms. The first-order chi connectivity index (χ1) is 9.90. The van der Waals surface area contributed by atoms with Gasteiger partial charge in [-0.25, -0.2) is 13.1 Å². The maximum atomic E-state index is 12.2. The molecule has 0 atom stereocenters. The summed E-state index contributed by atoms with van der Waals surface area (Å²) in [5.74, 6) is 0. The molecule has 110 valence electrons. The number of hydrogen-bond acceptors (Lipinski definition) is 3. The molecule has 0 spiro atoms. The van der Waals surface area contributed by atoms with Gasteiger partial charge in [0.1, 0.15) is 9.88 Å². The Hall–Kier alpha value is -1.47. The number of hydrogen-bond donors (Lipinski definition) is 2. The van der Waals surface area contributed by atoms with Gasteiger partial charge in [0, 0.05) is 12.1 Å². The molecule has 4 nitrogen and oxygen atoms in total. The van der Waals surface area contributed by atoms with E-state index in [1.807, 2.05) is 0 Å². The van der Waals surface area contributed by atoms with E-state index in [9.17, 15) is 8.42 Å². The van der Waals surface area contributed by atoms with Gasteiger partial charge in [0.05, 0.1) is 5.02 Å². The summed E-state index contributed by atoms with van der Waals surface area (Å²) in [5, 5.41) is 0.182. The van der Waals surface area contributed by atoms with Gasteiger partial charge in [-0.05, 0) is 23.8 Å². The molecule has 0 bridgehead atoms. The zero-order valence-electron chi connectivity index (χ0n) is 10.9. The summed E-state index contributed by atoms with van der Waals surface area (Å²) in [6, 6.07) is 13.4. The fraction of sp³-hybridized carbons (Fsp3) is 0.0714. The first-order valence-electron chi connectivity index (χ1n) is 6.03. The van der Waals surface area contributed by atoms with Crippen LogP contribution in [0.25, 0.3) is 0 Å². The van der Waals surface area contributed by atoms with E-state index in [4.69, 9.17) is 29.6 Å². The highest BCUT2D eigenvalue weighted by molar-refractivity contribution is 7.89. The third-order valence-electron chi connectivity index (χ3n) is 2.80. The molecule has 0 aliphatic rings. The van der Waals surface area contributed by atoms with Gasteiger partial charge >= 0.3 is 0 Å². The van der Waals surface area contributed by atoms with E-state index in [-0.39, 0.29) is 21.5 Å². The van der Waals surface area contributed by atoms with Crippen LogP contribution in [0.2, 0.25) is 5.02 Å². The number of nitrogens with one attached hydrogen (secondary N) is 1. The molecule has 0 unspecified atom stereocenters. The topological polar surface area (TPSA) is 72.2 Å². The van der Waals surface area contributed by atoms with Crippen molar-refractivity contribution in [2.45, 2.75) is 11.4 Å². The van der Waals surface area contributed by atoms with E-state index >= 15 is 0 Å². The summed E-state index contributed by atoms with van der Waals surface area (Å²) < 4.78 is 26.9. The number of halogens is 1. The zero-order valence-corrected chi connectivity index (χ0v) is 13.3. The zero-order chi connectivity index (χ0) is 15.5. The third kappa shape index (κ3) is 4.01.